The van der Waals surface area contributed by atoms with Crippen LogP contribution in [0.3, 0.4) is 0 Å². The molecule has 2 aromatic carbocycles. The molecule has 0 bridgehead atoms. The molecule has 1 aliphatic carbocycles. The zero-order valence-corrected chi connectivity index (χ0v) is 27.4. The van der Waals surface area contributed by atoms with Crippen LogP contribution in [0.4, 0.5) is 0 Å². The average molecular weight is 761 g/mol. The number of aryl methyl sites for hydroxylation is 6. The second-order valence-corrected chi connectivity index (χ2v) is 12.1. The van der Waals surface area contributed by atoms with Gasteiger partial charge in [-0.05, 0) is 86.4 Å². The SMILES string of the molecule is Cc1c[c-]c(-c2cc(C)c(C)cn2)cc1.[2H]C([2H])([2H])c1ccc2c(n1)oc1c(-c3cc4c5c(sc4cn3)CCCC5)[c-]ccc12.[Ir]. The van der Waals surface area contributed by atoms with Crippen molar-refractivity contribution in [2.24, 2.45) is 0 Å². The van der Waals surface area contributed by atoms with Gasteiger partial charge in [0, 0.05) is 52.6 Å². The molecule has 43 heavy (non-hydrogen) atoms. The summed E-state index contributed by atoms with van der Waals surface area (Å²) in [4.78, 5) is 14.9. The van der Waals surface area contributed by atoms with Crippen LogP contribution in [0.1, 0.15) is 49.8 Å². The first-order chi connectivity index (χ1) is 21.7. The largest absolute Gasteiger partial charge is 0.486 e. The van der Waals surface area contributed by atoms with Crippen LogP contribution >= 0.6 is 11.3 Å². The van der Waals surface area contributed by atoms with E-state index in [0.29, 0.717) is 11.3 Å². The summed E-state index contributed by atoms with van der Waals surface area (Å²) >= 11 is 1.86. The third kappa shape index (κ3) is 5.68. The van der Waals surface area contributed by atoms with Crippen LogP contribution < -0.4 is 0 Å². The van der Waals surface area contributed by atoms with Crippen molar-refractivity contribution in [3.05, 3.63) is 112 Å². The maximum Gasteiger partial charge on any atom is 0.216 e. The molecule has 7 aromatic rings. The maximum atomic E-state index is 7.61. The summed E-state index contributed by atoms with van der Waals surface area (Å²) in [6.07, 6.45) is 8.65. The molecule has 0 amide bonds. The second kappa shape index (κ2) is 12.1. The topological polar surface area (TPSA) is 51.8 Å². The van der Waals surface area contributed by atoms with E-state index in [1.165, 1.54) is 50.1 Å². The van der Waals surface area contributed by atoms with Gasteiger partial charge in [0.2, 0.25) is 5.71 Å². The van der Waals surface area contributed by atoms with Crippen molar-refractivity contribution in [3.63, 3.8) is 0 Å². The van der Waals surface area contributed by atoms with Crippen LogP contribution in [0.15, 0.2) is 71.4 Å². The average Bonchev–Trinajstić information content (AvgIpc) is 3.60. The van der Waals surface area contributed by atoms with E-state index in [9.17, 15) is 0 Å². The van der Waals surface area contributed by atoms with Gasteiger partial charge in [0.1, 0.15) is 0 Å². The Morgan fingerprint density at radius 3 is 2.53 bits per heavy atom. The zero-order chi connectivity index (χ0) is 31.3. The third-order valence-electron chi connectivity index (χ3n) is 8.01. The number of fused-ring (bicyclic) bond motifs is 6. The molecule has 0 atom stereocenters. The summed E-state index contributed by atoms with van der Waals surface area (Å²) in [6, 6.07) is 24.0. The Hall–Kier alpha value is -3.70. The monoisotopic (exact) mass is 761 g/mol. The van der Waals surface area contributed by atoms with Crippen LogP contribution in [-0.4, -0.2) is 15.0 Å². The Balaban J connectivity index is 0.000000197. The van der Waals surface area contributed by atoms with Gasteiger partial charge in [-0.1, -0.05) is 35.6 Å². The second-order valence-electron chi connectivity index (χ2n) is 11.0. The Morgan fingerprint density at radius 2 is 1.72 bits per heavy atom. The van der Waals surface area contributed by atoms with E-state index in [1.807, 2.05) is 41.9 Å². The first-order valence-electron chi connectivity index (χ1n) is 15.7. The number of pyridine rings is 3. The predicted octanol–water partition coefficient (Wildman–Crippen LogP) is 9.72. The van der Waals surface area contributed by atoms with Crippen molar-refractivity contribution in [1.29, 1.82) is 0 Å². The molecule has 6 heteroatoms. The number of thiophene rings is 1. The quantitative estimate of drug-likeness (QED) is 0.165. The van der Waals surface area contributed by atoms with E-state index in [4.69, 9.17) is 13.5 Å². The molecule has 217 valence electrons. The Kier molecular flexibility index (Phi) is 7.26. The van der Waals surface area contributed by atoms with Crippen molar-refractivity contribution in [2.75, 3.05) is 0 Å². The zero-order valence-electron chi connectivity index (χ0n) is 27.2. The van der Waals surface area contributed by atoms with Crippen molar-refractivity contribution < 1.29 is 28.6 Å². The summed E-state index contributed by atoms with van der Waals surface area (Å²) in [5, 5.41) is 2.96. The third-order valence-corrected chi connectivity index (χ3v) is 9.26. The molecule has 4 nitrogen and oxygen atoms in total. The minimum absolute atomic E-state index is 0. The molecule has 0 saturated heterocycles. The number of benzene rings is 2. The molecule has 5 heterocycles. The summed E-state index contributed by atoms with van der Waals surface area (Å²) in [6.45, 7) is 3.97. The van der Waals surface area contributed by atoms with Crippen molar-refractivity contribution >= 4 is 43.5 Å². The number of furan rings is 1. The van der Waals surface area contributed by atoms with Gasteiger partial charge in [0.15, 0.2) is 0 Å². The van der Waals surface area contributed by atoms with Crippen molar-refractivity contribution in [1.82, 2.24) is 15.0 Å². The van der Waals surface area contributed by atoms with E-state index in [0.717, 1.165) is 46.1 Å². The van der Waals surface area contributed by atoms with E-state index in [2.05, 4.69) is 67.1 Å². The summed E-state index contributed by atoms with van der Waals surface area (Å²) in [5.41, 5.74) is 9.83. The molecule has 0 N–H and O–H groups in total. The van der Waals surface area contributed by atoms with E-state index >= 15 is 0 Å². The summed E-state index contributed by atoms with van der Waals surface area (Å²) < 4.78 is 30.1. The van der Waals surface area contributed by atoms with Crippen LogP contribution in [0.25, 0.3) is 54.7 Å². The number of hydrogen-bond acceptors (Lipinski definition) is 5. The summed E-state index contributed by atoms with van der Waals surface area (Å²) in [7, 11) is 0. The molecule has 0 spiro atoms. The first kappa shape index (κ1) is 25.8. The molecule has 5 aromatic heterocycles. The fourth-order valence-electron chi connectivity index (χ4n) is 5.55. The van der Waals surface area contributed by atoms with Gasteiger partial charge in [0.25, 0.3) is 0 Å². The molecule has 8 rings (SSSR count). The Bertz CT molecular complexity index is 2200. The number of aromatic nitrogens is 3. The van der Waals surface area contributed by atoms with Gasteiger partial charge in [-0.25, -0.2) is 4.98 Å². The van der Waals surface area contributed by atoms with E-state index in [1.54, 1.807) is 12.1 Å². The fourth-order valence-corrected chi connectivity index (χ4v) is 6.80. The molecule has 0 fully saturated rings. The summed E-state index contributed by atoms with van der Waals surface area (Å²) in [5.74, 6) is 0. The minimum Gasteiger partial charge on any atom is -0.486 e. The molecule has 0 saturated carbocycles. The standard InChI is InChI=1S/C23H17N2OS.C14H14N.Ir/c1-13-9-10-16-15-6-4-7-17(22(15)26-23(16)25-13)19-11-18-14-5-2-3-8-20(14)27-21(18)12-24-19;1-10-4-6-13(7-5-10)14-8-11(2)12(3)9-15-14;/h4,6,9-12H,2-3,5,8H2,1H3;4-6,8-9H,1-3H3;/q2*-1;/i1D3;;. The maximum absolute atomic E-state index is 7.61. The van der Waals surface area contributed by atoms with E-state index in [-0.39, 0.29) is 25.8 Å². The van der Waals surface area contributed by atoms with E-state index < -0.39 is 6.85 Å². The minimum atomic E-state index is -2.27. The van der Waals surface area contributed by atoms with Crippen molar-refractivity contribution in [2.45, 2.75) is 53.3 Å². The number of hydrogen-bond donors (Lipinski definition) is 0. The molecule has 0 aliphatic heterocycles. The first-order valence-corrected chi connectivity index (χ1v) is 15.0. The van der Waals surface area contributed by atoms with Crippen LogP contribution in [0.5, 0.6) is 0 Å². The molecular formula is C37H31IrN3OS-2. The van der Waals surface area contributed by atoms with Crippen LogP contribution in [-0.2, 0) is 32.9 Å². The van der Waals surface area contributed by atoms with Crippen LogP contribution in [0, 0.1) is 39.8 Å². The van der Waals surface area contributed by atoms with Crippen molar-refractivity contribution in [3.8, 4) is 22.5 Å². The van der Waals surface area contributed by atoms with Crippen LogP contribution in [0.2, 0.25) is 0 Å². The molecule has 1 radical (unpaired) electrons. The van der Waals surface area contributed by atoms with Gasteiger partial charge in [-0.2, -0.15) is 0 Å². The fraction of sp³-hybridized carbons (Fsp3) is 0.216. The van der Waals surface area contributed by atoms with Gasteiger partial charge >= 0.3 is 0 Å². The van der Waals surface area contributed by atoms with Gasteiger partial charge in [-0.3, -0.25) is 0 Å². The molecular weight excluding hydrogens is 727 g/mol. The van der Waals surface area contributed by atoms with Gasteiger partial charge in [0.05, 0.1) is 10.3 Å². The molecule has 0 unspecified atom stereocenters. The predicted molar refractivity (Wildman–Crippen MR) is 173 cm³/mol. The van der Waals surface area contributed by atoms with Gasteiger partial charge in [-0.15, -0.1) is 64.9 Å². The molecule has 1 aliphatic rings. The Labute approximate surface area is 273 Å². The number of nitrogens with zero attached hydrogens (tertiary/aromatic N) is 3. The number of rotatable bonds is 2. The normalized spacial score (nSPS) is 13.9. The van der Waals surface area contributed by atoms with Gasteiger partial charge < -0.3 is 14.4 Å². The Morgan fingerprint density at radius 1 is 0.860 bits per heavy atom. The smallest absolute Gasteiger partial charge is 0.216 e.